The van der Waals surface area contributed by atoms with Crippen LogP contribution < -0.4 is 0 Å². The molecule has 0 aliphatic carbocycles. The van der Waals surface area contributed by atoms with Gasteiger partial charge in [0.15, 0.2) is 0 Å². The Morgan fingerprint density at radius 2 is 1.43 bits per heavy atom. The zero-order valence-electron chi connectivity index (χ0n) is 23.9. The lowest BCUT2D eigenvalue weighted by Gasteiger charge is -2.41. The number of terminal acetylenes is 1. The summed E-state index contributed by atoms with van der Waals surface area (Å²) in [6, 6.07) is 3.54. The molecule has 0 aromatic heterocycles. The van der Waals surface area contributed by atoms with E-state index in [9.17, 15) is 26.4 Å². The molecule has 0 saturated carbocycles. The summed E-state index contributed by atoms with van der Waals surface area (Å²) in [5, 5.41) is 0. The minimum absolute atomic E-state index is 0.393. The van der Waals surface area contributed by atoms with Gasteiger partial charge in [0.25, 0.3) is 0 Å². The van der Waals surface area contributed by atoms with Crippen molar-refractivity contribution in [2.45, 2.75) is 105 Å². The second kappa shape index (κ2) is 15.2. The summed E-state index contributed by atoms with van der Waals surface area (Å²) in [7, 11) is -5.69. The number of carbonyl (C=O) groups excluding carboxylic acids is 1. The van der Waals surface area contributed by atoms with E-state index in [-0.39, 0.29) is 0 Å². The molecule has 1 aromatic rings. The van der Waals surface area contributed by atoms with Crippen LogP contribution in [0.3, 0.4) is 0 Å². The van der Waals surface area contributed by atoms with Crippen LogP contribution >= 0.6 is 0 Å². The van der Waals surface area contributed by atoms with Gasteiger partial charge in [-0.2, -0.15) is 21.6 Å². The van der Waals surface area contributed by atoms with Gasteiger partial charge >= 0.3 is 21.7 Å². The van der Waals surface area contributed by atoms with Crippen molar-refractivity contribution in [3.63, 3.8) is 0 Å². The molecular formula is C27H44F3NO5S. The molecule has 0 radical (unpaired) electrons. The van der Waals surface area contributed by atoms with E-state index >= 15 is 0 Å². The van der Waals surface area contributed by atoms with Crippen LogP contribution in [-0.2, 0) is 31.1 Å². The number of benzene rings is 1. The standard InChI is InChI=1S/C21H30F3NO5S.2C2H6.C2H2/c1-14-11-16(13-29-31(27,28)21(22,23)24)17(12-15(14)2)20(6)7-9-25(10-8-20)18(26)30-19(3,4)5;3*1-2/h11-12H,7-10,13H2,1-6H3;2*1-2H3;1-2H. The number of carbonyl (C=O) groups is 1. The van der Waals surface area contributed by atoms with Gasteiger partial charge in [-0.25, -0.2) is 4.79 Å². The quantitative estimate of drug-likeness (QED) is 0.224. The van der Waals surface area contributed by atoms with E-state index in [2.05, 4.69) is 17.0 Å². The number of aryl methyl sites for hydroxylation is 2. The van der Waals surface area contributed by atoms with Crippen LogP contribution in [0.25, 0.3) is 0 Å². The van der Waals surface area contributed by atoms with E-state index in [1.807, 2.05) is 47.6 Å². The predicted molar refractivity (Wildman–Crippen MR) is 143 cm³/mol. The first-order valence-electron chi connectivity index (χ1n) is 12.3. The molecule has 1 fully saturated rings. The molecule has 0 atom stereocenters. The number of alkyl halides is 3. The third-order valence-corrected chi connectivity index (χ3v) is 6.54. The van der Waals surface area contributed by atoms with E-state index in [0.29, 0.717) is 31.5 Å². The second-order valence-electron chi connectivity index (χ2n) is 9.28. The molecule has 2 rings (SSSR count). The molecule has 10 heteroatoms. The number of amides is 1. The maximum atomic E-state index is 12.7. The fourth-order valence-electron chi connectivity index (χ4n) is 3.54. The molecular weight excluding hydrogens is 507 g/mol. The average molecular weight is 552 g/mol. The largest absolute Gasteiger partial charge is 0.523 e. The third kappa shape index (κ3) is 10.9. The van der Waals surface area contributed by atoms with Gasteiger partial charge in [0.2, 0.25) is 0 Å². The SMILES string of the molecule is C#C.CC.CC.Cc1cc(COS(=O)(=O)C(F)(F)F)c(C2(C)CCN(C(=O)OC(C)(C)C)CC2)cc1C. The van der Waals surface area contributed by atoms with Gasteiger partial charge in [-0.05, 0) is 75.1 Å². The van der Waals surface area contributed by atoms with Crippen molar-refractivity contribution < 1.29 is 35.3 Å². The lowest BCUT2D eigenvalue weighted by molar-refractivity contribution is -0.0548. The van der Waals surface area contributed by atoms with Gasteiger partial charge < -0.3 is 9.64 Å². The predicted octanol–water partition coefficient (Wildman–Crippen LogP) is 7.26. The number of hydrogen-bond donors (Lipinski definition) is 0. The molecule has 1 aliphatic rings. The van der Waals surface area contributed by atoms with Crippen LogP contribution in [0.5, 0.6) is 0 Å². The number of piperidine rings is 1. The topological polar surface area (TPSA) is 72.9 Å². The number of nitrogens with zero attached hydrogens (tertiary/aromatic N) is 1. The molecule has 1 aliphatic heterocycles. The monoisotopic (exact) mass is 551 g/mol. The molecule has 1 heterocycles. The highest BCUT2D eigenvalue weighted by Crippen LogP contribution is 2.39. The highest BCUT2D eigenvalue weighted by Gasteiger charge is 2.47. The maximum absolute atomic E-state index is 12.7. The van der Waals surface area contributed by atoms with E-state index in [4.69, 9.17) is 4.74 Å². The third-order valence-electron chi connectivity index (χ3n) is 5.54. The number of halogens is 3. The van der Waals surface area contributed by atoms with Crippen molar-refractivity contribution in [3.8, 4) is 12.8 Å². The molecule has 6 nitrogen and oxygen atoms in total. The van der Waals surface area contributed by atoms with E-state index in [1.54, 1.807) is 38.7 Å². The zero-order chi connectivity index (χ0) is 29.8. The van der Waals surface area contributed by atoms with Gasteiger partial charge in [-0.1, -0.05) is 46.8 Å². The fourth-order valence-corrected chi connectivity index (χ4v) is 3.96. The first-order valence-corrected chi connectivity index (χ1v) is 13.7. The molecule has 37 heavy (non-hydrogen) atoms. The van der Waals surface area contributed by atoms with Gasteiger partial charge in [0.05, 0.1) is 6.61 Å². The van der Waals surface area contributed by atoms with Gasteiger partial charge in [0, 0.05) is 13.1 Å². The Morgan fingerprint density at radius 3 is 1.84 bits per heavy atom. The number of hydrogen-bond acceptors (Lipinski definition) is 5. The average Bonchev–Trinajstić information content (AvgIpc) is 2.82. The Bertz CT molecular complexity index is 972. The summed E-state index contributed by atoms with van der Waals surface area (Å²) in [6.07, 6.45) is 8.69. The van der Waals surface area contributed by atoms with Crippen molar-refractivity contribution in [1.82, 2.24) is 4.90 Å². The van der Waals surface area contributed by atoms with Crippen molar-refractivity contribution >= 4 is 16.2 Å². The Morgan fingerprint density at radius 1 is 1.00 bits per heavy atom. The Labute approximate surface area is 222 Å². The van der Waals surface area contributed by atoms with E-state index in [1.165, 1.54) is 0 Å². The van der Waals surface area contributed by atoms with Crippen LogP contribution in [-0.4, -0.2) is 43.6 Å². The number of ether oxygens (including phenoxy) is 1. The van der Waals surface area contributed by atoms with E-state index < -0.39 is 39.3 Å². The zero-order valence-corrected chi connectivity index (χ0v) is 24.7. The van der Waals surface area contributed by atoms with Crippen molar-refractivity contribution in [1.29, 1.82) is 0 Å². The van der Waals surface area contributed by atoms with E-state index in [0.717, 1.165) is 16.7 Å². The Kier molecular flexibility index (Phi) is 15.2. The second-order valence-corrected chi connectivity index (χ2v) is 10.9. The minimum atomic E-state index is -5.69. The molecule has 1 saturated heterocycles. The summed E-state index contributed by atoms with van der Waals surface area (Å²) >= 11 is 0. The van der Waals surface area contributed by atoms with Crippen molar-refractivity contribution in [2.75, 3.05) is 13.1 Å². The maximum Gasteiger partial charge on any atom is 0.523 e. The summed E-state index contributed by atoms with van der Waals surface area (Å²) in [6.45, 7) is 19.1. The summed E-state index contributed by atoms with van der Waals surface area (Å²) in [5.41, 5.74) is -3.66. The van der Waals surface area contributed by atoms with Crippen molar-refractivity contribution in [2.24, 2.45) is 0 Å². The lowest BCUT2D eigenvalue weighted by Crippen LogP contribution is -2.46. The molecule has 0 N–H and O–H groups in total. The van der Waals surface area contributed by atoms with Crippen LogP contribution in [0.15, 0.2) is 12.1 Å². The highest BCUT2D eigenvalue weighted by atomic mass is 32.2. The molecule has 1 amide bonds. The first kappa shape index (κ1) is 36.9. The molecule has 0 bridgehead atoms. The smallest absolute Gasteiger partial charge is 0.444 e. The van der Waals surface area contributed by atoms with Gasteiger partial charge in [-0.3, -0.25) is 4.18 Å². The summed E-state index contributed by atoms with van der Waals surface area (Å²) in [4.78, 5) is 14.0. The highest BCUT2D eigenvalue weighted by molar-refractivity contribution is 7.87. The van der Waals surface area contributed by atoms with Crippen LogP contribution in [0, 0.1) is 26.7 Å². The normalized spacial score (nSPS) is 15.1. The lowest BCUT2D eigenvalue weighted by atomic mass is 9.72. The Hall–Kier alpha value is -2.25. The molecule has 1 aromatic carbocycles. The van der Waals surface area contributed by atoms with Crippen LogP contribution in [0.1, 0.15) is 90.5 Å². The van der Waals surface area contributed by atoms with Crippen molar-refractivity contribution in [3.05, 3.63) is 34.4 Å². The number of likely N-dealkylation sites (tertiary alicyclic amines) is 1. The fraction of sp³-hybridized carbons (Fsp3) is 0.667. The Balaban J connectivity index is 0. The minimum Gasteiger partial charge on any atom is -0.444 e. The number of rotatable bonds is 4. The summed E-state index contributed by atoms with van der Waals surface area (Å²) in [5.74, 6) is 0. The molecule has 0 spiro atoms. The van der Waals surface area contributed by atoms with Gasteiger partial charge in [0.1, 0.15) is 5.60 Å². The first-order chi connectivity index (χ1) is 17.0. The van der Waals surface area contributed by atoms with Crippen LogP contribution in [0.2, 0.25) is 0 Å². The summed E-state index contributed by atoms with van der Waals surface area (Å²) < 4.78 is 70.5. The molecule has 214 valence electrons. The van der Waals surface area contributed by atoms with Gasteiger partial charge in [-0.15, -0.1) is 12.8 Å². The molecule has 0 unspecified atom stereocenters. The van der Waals surface area contributed by atoms with Crippen LogP contribution in [0.4, 0.5) is 18.0 Å².